The van der Waals surface area contributed by atoms with Crippen LogP contribution in [0.3, 0.4) is 0 Å². The van der Waals surface area contributed by atoms with E-state index in [4.69, 9.17) is 10.5 Å². The summed E-state index contributed by atoms with van der Waals surface area (Å²) in [5, 5.41) is 0. The molecule has 3 heteroatoms. The van der Waals surface area contributed by atoms with Gasteiger partial charge in [0.25, 0.3) is 0 Å². The first kappa shape index (κ1) is 18.0. The molecule has 0 fully saturated rings. The van der Waals surface area contributed by atoms with Crippen molar-refractivity contribution in [1.29, 1.82) is 0 Å². The van der Waals surface area contributed by atoms with Crippen LogP contribution in [0.4, 0.5) is 0 Å². The Morgan fingerprint density at radius 3 is 2.10 bits per heavy atom. The van der Waals surface area contributed by atoms with Crippen LogP contribution in [0.1, 0.15) is 44.9 Å². The van der Waals surface area contributed by atoms with E-state index in [0.29, 0.717) is 11.8 Å². The van der Waals surface area contributed by atoms with Crippen LogP contribution in [0.15, 0.2) is 18.2 Å². The maximum absolute atomic E-state index is 6.47. The van der Waals surface area contributed by atoms with Crippen LogP contribution in [0.25, 0.3) is 0 Å². The standard InChI is InChI=1S/C18H32N2O/c1-13(2)10-20(11-14(3)4)12-17(19)16-9-15(5)7-8-18(16)21-6/h7-9,13-14,17H,10-12,19H2,1-6H3. The molecule has 0 aromatic heterocycles. The minimum Gasteiger partial charge on any atom is -0.496 e. The average molecular weight is 292 g/mol. The first-order chi connectivity index (χ1) is 9.83. The first-order valence-electron chi connectivity index (χ1n) is 7.96. The number of aryl methyl sites for hydroxylation is 1. The fraction of sp³-hybridized carbons (Fsp3) is 0.667. The zero-order chi connectivity index (χ0) is 16.0. The lowest BCUT2D eigenvalue weighted by atomic mass is 10.0. The number of nitrogens with zero attached hydrogens (tertiary/aromatic N) is 1. The Labute approximate surface area is 130 Å². The Morgan fingerprint density at radius 1 is 1.05 bits per heavy atom. The van der Waals surface area contributed by atoms with E-state index in [1.54, 1.807) is 7.11 Å². The Morgan fingerprint density at radius 2 is 1.62 bits per heavy atom. The second-order valence-electron chi connectivity index (χ2n) is 6.86. The molecule has 120 valence electrons. The number of benzene rings is 1. The molecule has 21 heavy (non-hydrogen) atoms. The molecule has 1 unspecified atom stereocenters. The van der Waals surface area contributed by atoms with Crippen molar-refractivity contribution in [2.24, 2.45) is 17.6 Å². The number of nitrogens with two attached hydrogens (primary N) is 1. The van der Waals surface area contributed by atoms with E-state index in [1.165, 1.54) is 5.56 Å². The van der Waals surface area contributed by atoms with Gasteiger partial charge in [0.2, 0.25) is 0 Å². The van der Waals surface area contributed by atoms with Gasteiger partial charge in [-0.05, 0) is 24.8 Å². The van der Waals surface area contributed by atoms with E-state index in [0.717, 1.165) is 30.9 Å². The van der Waals surface area contributed by atoms with Gasteiger partial charge in [-0.3, -0.25) is 0 Å². The summed E-state index contributed by atoms with van der Waals surface area (Å²) in [6.45, 7) is 14.2. The van der Waals surface area contributed by atoms with Crippen LogP contribution in [0.2, 0.25) is 0 Å². The van der Waals surface area contributed by atoms with Crippen LogP contribution in [-0.4, -0.2) is 31.6 Å². The van der Waals surface area contributed by atoms with Crippen LogP contribution in [0.5, 0.6) is 5.75 Å². The molecule has 1 aromatic carbocycles. The molecule has 0 aliphatic heterocycles. The van der Waals surface area contributed by atoms with Gasteiger partial charge in [-0.15, -0.1) is 0 Å². The third-order valence-electron chi connectivity index (χ3n) is 3.49. The number of rotatable bonds is 8. The fourth-order valence-corrected chi connectivity index (χ4v) is 2.78. The molecule has 1 atom stereocenters. The molecule has 3 nitrogen and oxygen atoms in total. The quantitative estimate of drug-likeness (QED) is 0.795. The third-order valence-corrected chi connectivity index (χ3v) is 3.49. The zero-order valence-corrected chi connectivity index (χ0v) is 14.5. The minimum absolute atomic E-state index is 0.0163. The SMILES string of the molecule is COc1ccc(C)cc1C(N)CN(CC(C)C)CC(C)C. The molecule has 1 aromatic rings. The summed E-state index contributed by atoms with van der Waals surface area (Å²) in [4.78, 5) is 2.47. The summed E-state index contributed by atoms with van der Waals surface area (Å²) >= 11 is 0. The Hall–Kier alpha value is -1.06. The fourth-order valence-electron chi connectivity index (χ4n) is 2.78. The van der Waals surface area contributed by atoms with E-state index in [1.807, 2.05) is 6.07 Å². The van der Waals surface area contributed by atoms with Gasteiger partial charge in [-0.1, -0.05) is 45.4 Å². The predicted octanol–water partition coefficient (Wildman–Crippen LogP) is 3.62. The van der Waals surface area contributed by atoms with Crippen LogP contribution in [-0.2, 0) is 0 Å². The largest absolute Gasteiger partial charge is 0.496 e. The zero-order valence-electron chi connectivity index (χ0n) is 14.5. The van der Waals surface area contributed by atoms with Crippen molar-refractivity contribution in [2.75, 3.05) is 26.7 Å². The van der Waals surface area contributed by atoms with Crippen molar-refractivity contribution < 1.29 is 4.74 Å². The number of hydrogen-bond acceptors (Lipinski definition) is 3. The van der Waals surface area contributed by atoms with Gasteiger partial charge in [0, 0.05) is 31.2 Å². The normalized spacial score (nSPS) is 13.2. The van der Waals surface area contributed by atoms with Crippen molar-refractivity contribution in [3.63, 3.8) is 0 Å². The first-order valence-corrected chi connectivity index (χ1v) is 7.96. The second kappa shape index (κ2) is 8.40. The van der Waals surface area contributed by atoms with Gasteiger partial charge in [-0.2, -0.15) is 0 Å². The summed E-state index contributed by atoms with van der Waals surface area (Å²) in [5.74, 6) is 2.19. The monoisotopic (exact) mass is 292 g/mol. The smallest absolute Gasteiger partial charge is 0.123 e. The molecule has 0 saturated heterocycles. The molecular formula is C18H32N2O. The predicted molar refractivity (Wildman–Crippen MR) is 90.8 cm³/mol. The van der Waals surface area contributed by atoms with E-state index in [-0.39, 0.29) is 6.04 Å². The highest BCUT2D eigenvalue weighted by atomic mass is 16.5. The Kier molecular flexibility index (Phi) is 7.20. The number of hydrogen-bond donors (Lipinski definition) is 1. The lowest BCUT2D eigenvalue weighted by Gasteiger charge is -2.29. The van der Waals surface area contributed by atoms with E-state index in [2.05, 4.69) is 51.7 Å². The van der Waals surface area contributed by atoms with Crippen LogP contribution >= 0.6 is 0 Å². The molecule has 0 heterocycles. The number of ether oxygens (including phenoxy) is 1. The third kappa shape index (κ3) is 6.06. The van der Waals surface area contributed by atoms with Crippen molar-refractivity contribution in [3.8, 4) is 5.75 Å². The molecular weight excluding hydrogens is 260 g/mol. The summed E-state index contributed by atoms with van der Waals surface area (Å²) in [5.41, 5.74) is 8.80. The van der Waals surface area contributed by atoms with Gasteiger partial charge >= 0.3 is 0 Å². The summed E-state index contributed by atoms with van der Waals surface area (Å²) < 4.78 is 5.47. The molecule has 0 bridgehead atoms. The number of methoxy groups -OCH3 is 1. The van der Waals surface area contributed by atoms with Crippen molar-refractivity contribution in [1.82, 2.24) is 4.90 Å². The maximum Gasteiger partial charge on any atom is 0.123 e. The molecule has 0 radical (unpaired) electrons. The lowest BCUT2D eigenvalue weighted by Crippen LogP contribution is -2.37. The summed E-state index contributed by atoms with van der Waals surface area (Å²) in [6, 6.07) is 6.21. The highest BCUT2D eigenvalue weighted by molar-refractivity contribution is 5.39. The Balaban J connectivity index is 2.85. The molecule has 0 saturated carbocycles. The topological polar surface area (TPSA) is 38.5 Å². The molecule has 1 rings (SSSR count). The van der Waals surface area contributed by atoms with Crippen LogP contribution in [0, 0.1) is 18.8 Å². The second-order valence-corrected chi connectivity index (χ2v) is 6.86. The lowest BCUT2D eigenvalue weighted by molar-refractivity contribution is 0.206. The molecule has 2 N–H and O–H groups in total. The van der Waals surface area contributed by atoms with Gasteiger partial charge < -0.3 is 15.4 Å². The van der Waals surface area contributed by atoms with Gasteiger partial charge in [0.15, 0.2) is 0 Å². The summed E-state index contributed by atoms with van der Waals surface area (Å²) in [6.07, 6.45) is 0. The van der Waals surface area contributed by atoms with Crippen LogP contribution < -0.4 is 10.5 Å². The average Bonchev–Trinajstić information content (AvgIpc) is 2.36. The Bertz CT molecular complexity index is 419. The highest BCUT2D eigenvalue weighted by Gasteiger charge is 2.17. The van der Waals surface area contributed by atoms with Gasteiger partial charge in [0.05, 0.1) is 7.11 Å². The maximum atomic E-state index is 6.47. The summed E-state index contributed by atoms with van der Waals surface area (Å²) in [7, 11) is 1.71. The van der Waals surface area contributed by atoms with Gasteiger partial charge in [0.1, 0.15) is 5.75 Å². The highest BCUT2D eigenvalue weighted by Crippen LogP contribution is 2.26. The molecule has 0 aliphatic rings. The van der Waals surface area contributed by atoms with Crippen molar-refractivity contribution in [2.45, 2.75) is 40.7 Å². The molecule has 0 spiro atoms. The molecule has 0 aliphatic carbocycles. The van der Waals surface area contributed by atoms with E-state index >= 15 is 0 Å². The van der Waals surface area contributed by atoms with E-state index in [9.17, 15) is 0 Å². The van der Waals surface area contributed by atoms with E-state index < -0.39 is 0 Å². The van der Waals surface area contributed by atoms with Crippen molar-refractivity contribution >= 4 is 0 Å². The van der Waals surface area contributed by atoms with Crippen molar-refractivity contribution in [3.05, 3.63) is 29.3 Å². The molecule has 0 amide bonds. The minimum atomic E-state index is -0.0163. The van der Waals surface area contributed by atoms with Gasteiger partial charge in [-0.25, -0.2) is 0 Å².